The number of unbranched alkanes of at least 4 members (excludes halogenated alkanes) is 1. The maximum Gasteiger partial charge on any atom is 0.0707 e. The molecule has 1 aliphatic carbocycles. The molecule has 4 atom stereocenters. The summed E-state index contributed by atoms with van der Waals surface area (Å²) in [4.78, 5) is 0. The number of hydrogen-bond acceptors (Lipinski definition) is 0. The summed E-state index contributed by atoms with van der Waals surface area (Å²) in [5.41, 5.74) is 3.13. The molecule has 0 heterocycles. The van der Waals surface area contributed by atoms with Crippen LogP contribution in [0, 0.1) is 23.7 Å². The topological polar surface area (TPSA) is 0 Å². The van der Waals surface area contributed by atoms with Crippen LogP contribution in [0.15, 0.2) is 23.8 Å². The van der Waals surface area contributed by atoms with Crippen LogP contribution in [-0.4, -0.2) is 7.85 Å². The molecule has 1 rings (SSSR count). The van der Waals surface area contributed by atoms with E-state index in [0.717, 1.165) is 18.3 Å². The van der Waals surface area contributed by atoms with Crippen LogP contribution in [0.1, 0.15) is 105 Å². The first-order valence-electron chi connectivity index (χ1n) is 11.6. The summed E-state index contributed by atoms with van der Waals surface area (Å²) in [5.74, 6) is 3.15. The van der Waals surface area contributed by atoms with Crippen molar-refractivity contribution in [2.24, 2.45) is 23.7 Å². The van der Waals surface area contributed by atoms with E-state index >= 15 is 0 Å². The van der Waals surface area contributed by atoms with Crippen LogP contribution >= 0.6 is 0 Å². The van der Waals surface area contributed by atoms with E-state index in [4.69, 9.17) is 7.85 Å². The largest absolute Gasteiger partial charge is 0.0999 e. The molecule has 0 bridgehead atoms. The lowest BCUT2D eigenvalue weighted by Gasteiger charge is -2.38. The van der Waals surface area contributed by atoms with Gasteiger partial charge in [0.1, 0.15) is 0 Å². The Bertz CT molecular complexity index is 416. The molecule has 26 heavy (non-hydrogen) atoms. The second kappa shape index (κ2) is 12.8. The lowest BCUT2D eigenvalue weighted by molar-refractivity contribution is 0.272. The van der Waals surface area contributed by atoms with E-state index in [9.17, 15) is 0 Å². The zero-order valence-electron chi connectivity index (χ0n) is 18.5. The Hall–Kier alpha value is -0.455. The highest BCUT2D eigenvalue weighted by atomic mass is 14.3. The predicted molar refractivity (Wildman–Crippen MR) is 120 cm³/mol. The van der Waals surface area contributed by atoms with E-state index in [2.05, 4.69) is 47.3 Å². The summed E-state index contributed by atoms with van der Waals surface area (Å²) in [6.45, 7) is 16.0. The van der Waals surface area contributed by atoms with Gasteiger partial charge in [-0.15, -0.1) is 0 Å². The van der Waals surface area contributed by atoms with E-state index in [-0.39, 0.29) is 0 Å². The molecule has 0 N–H and O–H groups in total. The third kappa shape index (κ3) is 7.65. The van der Waals surface area contributed by atoms with Gasteiger partial charge in [0.05, 0.1) is 7.85 Å². The smallest absolute Gasteiger partial charge is 0.0707 e. The van der Waals surface area contributed by atoms with Crippen LogP contribution in [0.2, 0.25) is 5.82 Å². The van der Waals surface area contributed by atoms with Gasteiger partial charge < -0.3 is 0 Å². The third-order valence-electron chi connectivity index (χ3n) is 6.62. The first kappa shape index (κ1) is 23.6. The van der Waals surface area contributed by atoms with E-state index in [1.807, 2.05) is 0 Å². The summed E-state index contributed by atoms with van der Waals surface area (Å²) in [6, 6.07) is 0. The van der Waals surface area contributed by atoms with Crippen molar-refractivity contribution in [3.8, 4) is 0 Å². The van der Waals surface area contributed by atoms with Gasteiger partial charge in [-0.25, -0.2) is 0 Å². The Morgan fingerprint density at radius 3 is 2.31 bits per heavy atom. The van der Waals surface area contributed by atoms with Gasteiger partial charge in [0.25, 0.3) is 0 Å². The number of hydrogen-bond donors (Lipinski definition) is 0. The van der Waals surface area contributed by atoms with Gasteiger partial charge in [0.15, 0.2) is 0 Å². The van der Waals surface area contributed by atoms with Gasteiger partial charge >= 0.3 is 0 Å². The lowest BCUT2D eigenvalue weighted by atomic mass is 9.60. The maximum atomic E-state index is 6.74. The van der Waals surface area contributed by atoms with E-state index in [1.165, 1.54) is 69.8 Å². The molecular weight excluding hydrogens is 311 g/mol. The van der Waals surface area contributed by atoms with Crippen LogP contribution in [0.4, 0.5) is 0 Å². The highest BCUT2D eigenvalue weighted by Crippen LogP contribution is 2.44. The van der Waals surface area contributed by atoms with Crippen molar-refractivity contribution in [2.75, 3.05) is 0 Å². The summed E-state index contributed by atoms with van der Waals surface area (Å²) in [5, 5.41) is 0. The molecule has 1 heteroatoms. The van der Waals surface area contributed by atoms with Gasteiger partial charge in [-0.1, -0.05) is 89.9 Å². The van der Waals surface area contributed by atoms with E-state index in [1.54, 1.807) is 5.57 Å². The fraction of sp³-hybridized carbons (Fsp3) is 0.840. The van der Waals surface area contributed by atoms with Crippen LogP contribution in [-0.2, 0) is 0 Å². The second-order valence-corrected chi connectivity index (χ2v) is 8.97. The summed E-state index contributed by atoms with van der Waals surface area (Å²) in [7, 11) is 6.74. The first-order chi connectivity index (χ1) is 12.5. The second-order valence-electron chi connectivity index (χ2n) is 8.97. The monoisotopic (exact) mass is 356 g/mol. The fourth-order valence-electron chi connectivity index (χ4n) is 4.96. The van der Waals surface area contributed by atoms with Crippen molar-refractivity contribution in [1.82, 2.24) is 0 Å². The number of rotatable bonds is 13. The highest BCUT2D eigenvalue weighted by molar-refractivity contribution is 6.12. The summed E-state index contributed by atoms with van der Waals surface area (Å²) in [6.07, 6.45) is 16.5. The molecule has 0 fully saturated rings. The molecule has 0 amide bonds. The zero-order chi connectivity index (χ0) is 19.5. The van der Waals surface area contributed by atoms with Crippen LogP contribution in [0.5, 0.6) is 0 Å². The molecule has 0 saturated heterocycles. The van der Waals surface area contributed by atoms with Crippen molar-refractivity contribution >= 4 is 7.85 Å². The molecule has 2 radical (unpaired) electrons. The molecule has 148 valence electrons. The van der Waals surface area contributed by atoms with Crippen molar-refractivity contribution in [2.45, 2.75) is 111 Å². The molecule has 1 unspecified atom stereocenters. The minimum absolute atomic E-state index is 0.346. The average molecular weight is 356 g/mol. The molecule has 0 aromatic rings. The Morgan fingerprint density at radius 2 is 1.81 bits per heavy atom. The Balaban J connectivity index is 2.71. The molecular formula is C25H45B. The zero-order valence-corrected chi connectivity index (χ0v) is 18.5. The van der Waals surface area contributed by atoms with Gasteiger partial charge in [-0.2, -0.15) is 0 Å². The van der Waals surface area contributed by atoms with Crippen molar-refractivity contribution in [3.63, 3.8) is 0 Å². The van der Waals surface area contributed by atoms with Crippen LogP contribution in [0.25, 0.3) is 0 Å². The minimum atomic E-state index is 0.346. The molecule has 0 nitrogen and oxygen atoms in total. The van der Waals surface area contributed by atoms with Crippen molar-refractivity contribution < 1.29 is 0 Å². The van der Waals surface area contributed by atoms with Crippen molar-refractivity contribution in [1.29, 1.82) is 0 Å². The van der Waals surface area contributed by atoms with E-state index in [0.29, 0.717) is 17.7 Å². The maximum absolute atomic E-state index is 6.74. The highest BCUT2D eigenvalue weighted by Gasteiger charge is 2.31. The van der Waals surface area contributed by atoms with Gasteiger partial charge in [0.2, 0.25) is 0 Å². The summed E-state index contributed by atoms with van der Waals surface area (Å²) < 4.78 is 0. The van der Waals surface area contributed by atoms with Gasteiger partial charge in [0, 0.05) is 0 Å². The van der Waals surface area contributed by atoms with Gasteiger partial charge in [-0.3, -0.25) is 0 Å². The van der Waals surface area contributed by atoms with Crippen LogP contribution < -0.4 is 0 Å². The minimum Gasteiger partial charge on any atom is -0.0999 e. The average Bonchev–Trinajstić information content (AvgIpc) is 2.61. The Labute approximate surface area is 166 Å². The summed E-state index contributed by atoms with van der Waals surface area (Å²) >= 11 is 0. The SMILES string of the molecule is [B][C@H]1CC(C(CCC)CCC)=C[C@@H](C)C1C[C@@H](CC)CC(=C)CCCC. The molecule has 0 aromatic carbocycles. The van der Waals surface area contributed by atoms with Crippen LogP contribution in [0.3, 0.4) is 0 Å². The Kier molecular flexibility index (Phi) is 11.7. The third-order valence-corrected chi connectivity index (χ3v) is 6.62. The Morgan fingerprint density at radius 1 is 1.15 bits per heavy atom. The number of allylic oxidation sites excluding steroid dienone is 3. The molecule has 0 saturated carbocycles. The normalized spacial score (nSPS) is 24.5. The standard InChI is InChI=1S/C25H45B/c1-7-11-14-19(5)15-21(10-4)17-24-20(6)16-23(18-25(24)26)22(12-8-2)13-9-3/h16,20-22,24-25H,5,7-15,17-18H2,1-4,6H3/t20-,21+,24?,25+/m1/s1. The molecule has 1 aliphatic rings. The molecule has 0 aromatic heterocycles. The fourth-order valence-corrected chi connectivity index (χ4v) is 4.96. The first-order valence-corrected chi connectivity index (χ1v) is 11.6. The molecule has 0 spiro atoms. The van der Waals surface area contributed by atoms with E-state index < -0.39 is 0 Å². The quantitative estimate of drug-likeness (QED) is 0.230. The van der Waals surface area contributed by atoms with Gasteiger partial charge in [-0.05, 0) is 68.6 Å². The molecule has 0 aliphatic heterocycles. The predicted octanol–water partition coefficient (Wildman–Crippen LogP) is 8.30. The van der Waals surface area contributed by atoms with Crippen molar-refractivity contribution in [3.05, 3.63) is 23.8 Å². The lowest BCUT2D eigenvalue weighted by Crippen LogP contribution is -2.26.